The molecular weight excluding hydrogens is 394 g/mol. The highest BCUT2D eigenvalue weighted by atomic mass is 16.6. The van der Waals surface area contributed by atoms with Gasteiger partial charge < -0.3 is 18.9 Å². The second-order valence-electron chi connectivity index (χ2n) is 8.59. The number of carbonyl (C=O) groups excluding carboxylic acids is 3. The molecule has 0 bridgehead atoms. The van der Waals surface area contributed by atoms with Gasteiger partial charge in [0.15, 0.2) is 0 Å². The average molecular weight is 427 g/mol. The van der Waals surface area contributed by atoms with Crippen molar-refractivity contribution in [2.24, 2.45) is 0 Å². The van der Waals surface area contributed by atoms with Gasteiger partial charge in [0.2, 0.25) is 0 Å². The Hall–Kier alpha value is -2.62. The van der Waals surface area contributed by atoms with Gasteiger partial charge in [-0.1, -0.05) is 0 Å². The summed E-state index contributed by atoms with van der Waals surface area (Å²) >= 11 is 0. The number of imidazole rings is 1. The van der Waals surface area contributed by atoms with Gasteiger partial charge in [-0.05, 0) is 48.5 Å². The molecule has 0 fully saturated rings. The summed E-state index contributed by atoms with van der Waals surface area (Å²) in [6.07, 6.45) is 1.40. The van der Waals surface area contributed by atoms with Crippen molar-refractivity contribution < 1.29 is 33.3 Å². The third-order valence-electron chi connectivity index (χ3n) is 3.47. The van der Waals surface area contributed by atoms with E-state index in [0.29, 0.717) is 5.69 Å². The van der Waals surface area contributed by atoms with Crippen LogP contribution in [0.5, 0.6) is 0 Å². The summed E-state index contributed by atoms with van der Waals surface area (Å²) in [7, 11) is 1.40. The number of ether oxygens (including phenoxy) is 4. The van der Waals surface area contributed by atoms with Crippen molar-refractivity contribution >= 4 is 18.2 Å². The third kappa shape index (κ3) is 8.40. The summed E-state index contributed by atoms with van der Waals surface area (Å²) in [6.45, 7) is 12.0. The minimum atomic E-state index is -1.05. The van der Waals surface area contributed by atoms with Gasteiger partial charge in [0.1, 0.15) is 30.3 Å². The Balaban J connectivity index is 3.12. The lowest BCUT2D eigenvalue weighted by Crippen LogP contribution is -2.49. The van der Waals surface area contributed by atoms with E-state index < -0.39 is 35.4 Å². The van der Waals surface area contributed by atoms with Crippen LogP contribution in [0.3, 0.4) is 0 Å². The molecule has 0 saturated carbocycles. The van der Waals surface area contributed by atoms with Gasteiger partial charge in [-0.15, -0.1) is 0 Å². The normalized spacial score (nSPS) is 12.8. The SMILES string of the molecule is CCOC(=O)[C@H](Cc1cn(C(=O)OC(C)(C)C)cn1)N(COC)C(=O)OC(C)(C)C. The molecule has 1 atom stereocenters. The number of carbonyl (C=O) groups is 3. The molecule has 0 N–H and O–H groups in total. The zero-order valence-corrected chi connectivity index (χ0v) is 19.1. The molecule has 1 rings (SSSR count). The molecule has 0 aliphatic heterocycles. The number of esters is 1. The van der Waals surface area contributed by atoms with Crippen molar-refractivity contribution in [3.63, 3.8) is 0 Å². The van der Waals surface area contributed by atoms with Gasteiger partial charge >= 0.3 is 18.2 Å². The van der Waals surface area contributed by atoms with Crippen molar-refractivity contribution in [1.29, 1.82) is 0 Å². The Kier molecular flexibility index (Phi) is 8.83. The quantitative estimate of drug-likeness (QED) is 0.371. The largest absolute Gasteiger partial charge is 0.464 e. The number of hydrogen-bond acceptors (Lipinski definition) is 8. The fourth-order valence-corrected chi connectivity index (χ4v) is 2.37. The molecule has 30 heavy (non-hydrogen) atoms. The molecule has 170 valence electrons. The first-order chi connectivity index (χ1) is 13.8. The Morgan fingerprint density at radius 2 is 1.70 bits per heavy atom. The van der Waals surface area contributed by atoms with E-state index in [-0.39, 0.29) is 19.8 Å². The highest BCUT2D eigenvalue weighted by Gasteiger charge is 2.35. The Bertz CT molecular complexity index is 731. The molecule has 1 aromatic rings. The molecule has 10 heteroatoms. The van der Waals surface area contributed by atoms with Crippen LogP contribution in [0.2, 0.25) is 0 Å². The topological polar surface area (TPSA) is 109 Å². The second kappa shape index (κ2) is 10.4. The predicted octanol–water partition coefficient (Wildman–Crippen LogP) is 2.98. The average Bonchev–Trinajstić information content (AvgIpc) is 3.04. The molecule has 0 spiro atoms. The Morgan fingerprint density at radius 1 is 1.10 bits per heavy atom. The highest BCUT2D eigenvalue weighted by molar-refractivity contribution is 5.82. The van der Waals surface area contributed by atoms with Gasteiger partial charge in [0, 0.05) is 19.7 Å². The molecule has 0 aliphatic rings. The van der Waals surface area contributed by atoms with Gasteiger partial charge in [-0.2, -0.15) is 0 Å². The van der Waals surface area contributed by atoms with E-state index in [1.807, 2.05) is 0 Å². The molecule has 0 unspecified atom stereocenters. The smallest absolute Gasteiger partial charge is 0.419 e. The van der Waals surface area contributed by atoms with Crippen LogP contribution in [-0.4, -0.2) is 70.3 Å². The van der Waals surface area contributed by atoms with Crippen molar-refractivity contribution in [3.05, 3.63) is 18.2 Å². The van der Waals surface area contributed by atoms with Crippen molar-refractivity contribution in [1.82, 2.24) is 14.5 Å². The predicted molar refractivity (Wildman–Crippen MR) is 108 cm³/mol. The first kappa shape index (κ1) is 25.4. The number of aromatic nitrogens is 2. The minimum Gasteiger partial charge on any atom is -0.464 e. The van der Waals surface area contributed by atoms with Gasteiger partial charge in [0.25, 0.3) is 0 Å². The zero-order valence-electron chi connectivity index (χ0n) is 19.1. The summed E-state index contributed by atoms with van der Waals surface area (Å²) in [5, 5.41) is 0. The lowest BCUT2D eigenvalue weighted by molar-refractivity contribution is -0.151. The van der Waals surface area contributed by atoms with E-state index in [1.54, 1.807) is 48.5 Å². The van der Waals surface area contributed by atoms with E-state index in [9.17, 15) is 14.4 Å². The van der Waals surface area contributed by atoms with Crippen LogP contribution >= 0.6 is 0 Å². The lowest BCUT2D eigenvalue weighted by Gasteiger charge is -2.31. The van der Waals surface area contributed by atoms with Crippen LogP contribution < -0.4 is 0 Å². The fourth-order valence-electron chi connectivity index (χ4n) is 2.37. The van der Waals surface area contributed by atoms with Crippen molar-refractivity contribution in [2.45, 2.75) is 72.1 Å². The maximum atomic E-state index is 12.7. The van der Waals surface area contributed by atoms with E-state index in [1.165, 1.54) is 24.2 Å². The first-order valence-electron chi connectivity index (χ1n) is 9.68. The number of hydrogen-bond donors (Lipinski definition) is 0. The summed E-state index contributed by atoms with van der Waals surface area (Å²) in [5.41, 5.74) is -1.04. The van der Waals surface area contributed by atoms with Gasteiger partial charge in [-0.25, -0.2) is 23.9 Å². The third-order valence-corrected chi connectivity index (χ3v) is 3.47. The highest BCUT2D eigenvalue weighted by Crippen LogP contribution is 2.16. The Morgan fingerprint density at radius 3 is 2.20 bits per heavy atom. The molecule has 10 nitrogen and oxygen atoms in total. The summed E-state index contributed by atoms with van der Waals surface area (Å²) in [6, 6.07) is -1.05. The van der Waals surface area contributed by atoms with Crippen LogP contribution in [0.1, 0.15) is 54.2 Å². The molecule has 1 heterocycles. The van der Waals surface area contributed by atoms with E-state index in [4.69, 9.17) is 18.9 Å². The lowest BCUT2D eigenvalue weighted by atomic mass is 10.1. The molecule has 0 radical (unpaired) electrons. The number of nitrogens with zero attached hydrogens (tertiary/aromatic N) is 3. The fraction of sp³-hybridized carbons (Fsp3) is 0.700. The maximum Gasteiger partial charge on any atom is 0.419 e. The maximum absolute atomic E-state index is 12.7. The molecule has 0 aromatic carbocycles. The number of amides is 1. The van der Waals surface area contributed by atoms with Gasteiger partial charge in [-0.3, -0.25) is 4.90 Å². The second-order valence-corrected chi connectivity index (χ2v) is 8.59. The van der Waals surface area contributed by atoms with Crippen molar-refractivity contribution in [2.75, 3.05) is 20.4 Å². The molecular formula is C20H33N3O7. The molecule has 1 aromatic heterocycles. The summed E-state index contributed by atoms with van der Waals surface area (Å²) < 4.78 is 22.1. The molecule has 0 aliphatic carbocycles. The van der Waals surface area contributed by atoms with E-state index in [0.717, 1.165) is 4.90 Å². The standard InChI is InChI=1S/C20H33N3O7/c1-9-28-16(24)15(23(13-27-8)18(26)30-20(5,6)7)10-14-11-22(12-21-14)17(25)29-19(2,3)4/h11-12,15H,9-10,13H2,1-8H3/t15-/m0/s1. The first-order valence-corrected chi connectivity index (χ1v) is 9.68. The van der Waals surface area contributed by atoms with Crippen LogP contribution in [0.4, 0.5) is 9.59 Å². The number of rotatable bonds is 7. The monoisotopic (exact) mass is 427 g/mol. The minimum absolute atomic E-state index is 0.00274. The van der Waals surface area contributed by atoms with Crippen LogP contribution in [-0.2, 0) is 30.2 Å². The molecule has 0 saturated heterocycles. The van der Waals surface area contributed by atoms with Crippen molar-refractivity contribution in [3.8, 4) is 0 Å². The van der Waals surface area contributed by atoms with Crippen LogP contribution in [0.15, 0.2) is 12.5 Å². The summed E-state index contributed by atoms with van der Waals surface area (Å²) in [5.74, 6) is -0.632. The van der Waals surface area contributed by atoms with Crippen LogP contribution in [0, 0.1) is 0 Å². The van der Waals surface area contributed by atoms with Gasteiger partial charge in [0.05, 0.1) is 12.3 Å². The summed E-state index contributed by atoms with van der Waals surface area (Å²) in [4.78, 5) is 42.8. The van der Waals surface area contributed by atoms with E-state index >= 15 is 0 Å². The Labute approximate surface area is 177 Å². The van der Waals surface area contributed by atoms with E-state index in [2.05, 4.69) is 4.98 Å². The number of methoxy groups -OCH3 is 1. The zero-order chi connectivity index (χ0) is 23.1. The molecule has 1 amide bonds. The van der Waals surface area contributed by atoms with Crippen LogP contribution in [0.25, 0.3) is 0 Å².